The summed E-state index contributed by atoms with van der Waals surface area (Å²) in [5.41, 5.74) is 5.75. The molecule has 0 aliphatic carbocycles. The molecule has 2 aromatic rings. The minimum absolute atomic E-state index is 0.150. The zero-order valence-electron chi connectivity index (χ0n) is 20.3. The summed E-state index contributed by atoms with van der Waals surface area (Å²) in [7, 11) is 2.73. The fourth-order valence-corrected chi connectivity index (χ4v) is 3.87. The lowest BCUT2D eigenvalue weighted by atomic mass is 9.89. The van der Waals surface area contributed by atoms with Gasteiger partial charge in [0, 0.05) is 0 Å². The van der Waals surface area contributed by atoms with E-state index in [1.54, 1.807) is 6.92 Å². The van der Waals surface area contributed by atoms with Crippen LogP contribution in [0.3, 0.4) is 0 Å². The summed E-state index contributed by atoms with van der Waals surface area (Å²) in [6, 6.07) is 15.9. The second-order valence-corrected chi connectivity index (χ2v) is 8.34. The number of aryl methyl sites for hydroxylation is 2. The van der Waals surface area contributed by atoms with E-state index in [0.717, 1.165) is 16.8 Å². The number of oxime groups is 2. The second kappa shape index (κ2) is 11.0. The third-order valence-electron chi connectivity index (χ3n) is 5.86. The molecule has 2 aliphatic rings. The molecule has 0 spiro atoms. The summed E-state index contributed by atoms with van der Waals surface area (Å²) < 4.78 is 9.50. The maximum atomic E-state index is 11.7. The van der Waals surface area contributed by atoms with E-state index >= 15 is 0 Å². The zero-order valence-corrected chi connectivity index (χ0v) is 20.3. The first kappa shape index (κ1) is 25.0. The van der Waals surface area contributed by atoms with Gasteiger partial charge in [0.15, 0.2) is 6.10 Å². The smallest absolute Gasteiger partial charge is 0.351 e. The van der Waals surface area contributed by atoms with Crippen LogP contribution in [0.5, 0.6) is 0 Å². The Morgan fingerprint density at radius 2 is 1.21 bits per heavy atom. The monoisotopic (exact) mass is 466 g/mol. The van der Waals surface area contributed by atoms with Gasteiger partial charge in [-0.05, 0) is 38.8 Å². The number of esters is 2. The number of hydrogen-bond acceptors (Lipinski definition) is 8. The van der Waals surface area contributed by atoms with E-state index in [1.807, 2.05) is 69.3 Å². The first-order valence-electron chi connectivity index (χ1n) is 11.0. The number of rotatable bonds is 4. The van der Waals surface area contributed by atoms with Crippen molar-refractivity contribution >= 4 is 23.4 Å². The molecule has 0 saturated heterocycles. The Kier molecular flexibility index (Phi) is 8.04. The van der Waals surface area contributed by atoms with Gasteiger partial charge in [0.05, 0.1) is 31.6 Å². The third kappa shape index (κ3) is 5.44. The predicted molar refractivity (Wildman–Crippen MR) is 128 cm³/mol. The van der Waals surface area contributed by atoms with Crippen molar-refractivity contribution in [2.24, 2.45) is 16.2 Å². The number of carbonyl (C=O) groups excluding carboxylic acids is 2. The Hall–Kier alpha value is -3.68. The molecule has 8 heteroatoms. The van der Waals surface area contributed by atoms with Gasteiger partial charge in [0.1, 0.15) is 5.92 Å². The van der Waals surface area contributed by atoms with Crippen LogP contribution in [0, 0.1) is 19.8 Å². The minimum atomic E-state index is -0.664. The Bertz CT molecular complexity index is 1080. The molecule has 2 heterocycles. The van der Waals surface area contributed by atoms with E-state index in [1.165, 1.54) is 25.3 Å². The number of hydrogen-bond donors (Lipinski definition) is 0. The van der Waals surface area contributed by atoms with Gasteiger partial charge in [-0.1, -0.05) is 70.0 Å². The molecule has 0 N–H and O–H groups in total. The number of ether oxygens (including phenoxy) is 2. The van der Waals surface area contributed by atoms with Crippen molar-refractivity contribution in [2.45, 2.75) is 45.8 Å². The zero-order chi connectivity index (χ0) is 24.8. The summed E-state index contributed by atoms with van der Waals surface area (Å²) >= 11 is 0. The average molecular weight is 467 g/mol. The third-order valence-corrected chi connectivity index (χ3v) is 5.86. The summed E-state index contributed by atoms with van der Waals surface area (Å²) in [4.78, 5) is 33.7. The molecule has 0 amide bonds. The molecule has 8 nitrogen and oxygen atoms in total. The van der Waals surface area contributed by atoms with Crippen molar-refractivity contribution in [3.8, 4) is 0 Å². The van der Waals surface area contributed by atoms with Crippen LogP contribution in [0.1, 0.15) is 48.1 Å². The summed E-state index contributed by atoms with van der Waals surface area (Å²) in [5, 5.41) is 7.77. The van der Waals surface area contributed by atoms with E-state index in [2.05, 4.69) is 10.3 Å². The van der Waals surface area contributed by atoms with E-state index in [4.69, 9.17) is 19.1 Å². The van der Waals surface area contributed by atoms with E-state index in [9.17, 15) is 9.59 Å². The van der Waals surface area contributed by atoms with Crippen molar-refractivity contribution < 1.29 is 28.7 Å². The van der Waals surface area contributed by atoms with Gasteiger partial charge in [0.25, 0.3) is 0 Å². The highest BCUT2D eigenvalue weighted by Gasteiger charge is 2.40. The van der Waals surface area contributed by atoms with Gasteiger partial charge in [-0.3, -0.25) is 4.79 Å². The fraction of sp³-hybridized carbons (Fsp3) is 0.385. The van der Waals surface area contributed by atoms with Crippen LogP contribution in [-0.4, -0.2) is 43.7 Å². The highest BCUT2D eigenvalue weighted by molar-refractivity contribution is 6.02. The van der Waals surface area contributed by atoms with Crippen LogP contribution in [0.15, 0.2) is 58.8 Å². The van der Waals surface area contributed by atoms with Crippen LogP contribution >= 0.6 is 0 Å². The average Bonchev–Trinajstić information content (AvgIpc) is 3.42. The molecule has 0 bridgehead atoms. The molecular formula is C26H30N2O6. The van der Waals surface area contributed by atoms with Gasteiger partial charge in [0.2, 0.25) is 6.10 Å². The van der Waals surface area contributed by atoms with E-state index in [-0.39, 0.29) is 18.0 Å². The van der Waals surface area contributed by atoms with Gasteiger partial charge in [-0.15, -0.1) is 0 Å². The SMILES string of the molecule is COC(=O)[C@@H]1ON=C(C)C1c1ccc(C)cc1.COC(=O)[C@H]1C(C)=NOC1c1ccc(C)cc1. The number of nitrogens with zero attached hydrogens (tertiary/aromatic N) is 2. The molecule has 34 heavy (non-hydrogen) atoms. The van der Waals surface area contributed by atoms with Crippen molar-refractivity contribution in [3.05, 3.63) is 70.8 Å². The van der Waals surface area contributed by atoms with Crippen LogP contribution in [-0.2, 0) is 28.7 Å². The van der Waals surface area contributed by atoms with Crippen LogP contribution in [0.25, 0.3) is 0 Å². The van der Waals surface area contributed by atoms with Crippen molar-refractivity contribution in [2.75, 3.05) is 14.2 Å². The largest absolute Gasteiger partial charge is 0.468 e. The number of methoxy groups -OCH3 is 2. The molecule has 0 radical (unpaired) electrons. The first-order chi connectivity index (χ1) is 16.3. The number of benzene rings is 2. The summed E-state index contributed by atoms with van der Waals surface area (Å²) in [5.74, 6) is -1.30. The standard InChI is InChI=1S/2C13H15NO3/c1-8-4-6-10(7-5-8)12-11(13(15)16-3)9(2)14-17-12;1-8-4-6-10(7-5-8)11-9(2)14-17-12(11)13(15)16-3/h2*4-7,11-12H,1-3H3/t11-,12?;11?,12-/m01/s1. The minimum Gasteiger partial charge on any atom is -0.468 e. The Balaban J connectivity index is 0.000000191. The van der Waals surface area contributed by atoms with Gasteiger partial charge >= 0.3 is 11.9 Å². The van der Waals surface area contributed by atoms with Gasteiger partial charge in [-0.2, -0.15) is 0 Å². The molecule has 0 fully saturated rings. The fourth-order valence-electron chi connectivity index (χ4n) is 3.87. The normalized spacial score (nSPS) is 22.9. The molecular weight excluding hydrogens is 436 g/mol. The van der Waals surface area contributed by atoms with Crippen LogP contribution < -0.4 is 0 Å². The Morgan fingerprint density at radius 3 is 1.74 bits per heavy atom. The molecule has 0 saturated carbocycles. The molecule has 2 aliphatic heterocycles. The maximum absolute atomic E-state index is 11.7. The quantitative estimate of drug-likeness (QED) is 0.625. The predicted octanol–water partition coefficient (Wildman–Crippen LogP) is 4.26. The molecule has 4 atom stereocenters. The Morgan fingerprint density at radius 1 is 0.706 bits per heavy atom. The Labute approximate surface area is 199 Å². The van der Waals surface area contributed by atoms with Gasteiger partial charge < -0.3 is 19.1 Å². The molecule has 0 aromatic heterocycles. The lowest BCUT2D eigenvalue weighted by Crippen LogP contribution is -2.29. The van der Waals surface area contributed by atoms with Gasteiger partial charge in [-0.25, -0.2) is 4.79 Å². The van der Waals surface area contributed by atoms with Crippen LogP contribution in [0.2, 0.25) is 0 Å². The molecule has 4 rings (SSSR count). The highest BCUT2D eigenvalue weighted by atomic mass is 16.7. The van der Waals surface area contributed by atoms with Crippen molar-refractivity contribution in [1.29, 1.82) is 0 Å². The topological polar surface area (TPSA) is 95.8 Å². The highest BCUT2D eigenvalue weighted by Crippen LogP contribution is 2.33. The maximum Gasteiger partial charge on any atom is 0.351 e. The first-order valence-corrected chi connectivity index (χ1v) is 11.0. The van der Waals surface area contributed by atoms with Crippen molar-refractivity contribution in [1.82, 2.24) is 0 Å². The van der Waals surface area contributed by atoms with Crippen LogP contribution in [0.4, 0.5) is 0 Å². The summed E-state index contributed by atoms with van der Waals surface area (Å²) in [6.45, 7) is 7.66. The molecule has 2 unspecified atom stereocenters. The summed E-state index contributed by atoms with van der Waals surface area (Å²) in [6.07, 6.45) is -1.04. The molecule has 2 aromatic carbocycles. The molecule has 180 valence electrons. The van der Waals surface area contributed by atoms with Crippen molar-refractivity contribution in [3.63, 3.8) is 0 Å². The second-order valence-electron chi connectivity index (χ2n) is 8.34. The lowest BCUT2D eigenvalue weighted by molar-refractivity contribution is -0.153. The van der Waals surface area contributed by atoms with E-state index in [0.29, 0.717) is 5.71 Å². The van der Waals surface area contributed by atoms with E-state index < -0.39 is 18.0 Å². The lowest BCUT2D eigenvalue weighted by Gasteiger charge is -2.16. The number of carbonyl (C=O) groups is 2.